The summed E-state index contributed by atoms with van der Waals surface area (Å²) in [4.78, 5) is 31.0. The van der Waals surface area contributed by atoms with E-state index < -0.39 is 41.1 Å². The summed E-state index contributed by atoms with van der Waals surface area (Å²) in [5.74, 6) is 3.10. The summed E-state index contributed by atoms with van der Waals surface area (Å²) in [6, 6.07) is 0. The van der Waals surface area contributed by atoms with Crippen molar-refractivity contribution < 1.29 is 32.4 Å². The van der Waals surface area contributed by atoms with Crippen LogP contribution in [0.1, 0.15) is 43.7 Å². The van der Waals surface area contributed by atoms with Crippen LogP contribution in [0.3, 0.4) is 0 Å². The number of aromatic nitrogens is 4. The molecule has 2 heterocycles. The minimum absolute atomic E-state index is 0.0475. The molecule has 0 aliphatic heterocycles. The van der Waals surface area contributed by atoms with E-state index in [-0.39, 0.29) is 24.8 Å². The number of nitrogens with two attached hydrogens (primary N) is 1. The summed E-state index contributed by atoms with van der Waals surface area (Å²) in [6.45, 7) is 1.05. The van der Waals surface area contributed by atoms with Crippen molar-refractivity contribution in [3.63, 3.8) is 0 Å². The maximum atomic E-state index is 13.6. The first kappa shape index (κ1) is 23.5. The minimum atomic E-state index is -4.93. The van der Waals surface area contributed by atoms with Crippen LogP contribution in [0, 0.1) is 18.8 Å². The van der Waals surface area contributed by atoms with Crippen molar-refractivity contribution in [1.29, 1.82) is 0 Å². The molecule has 1 atom stereocenters. The van der Waals surface area contributed by atoms with E-state index in [1.54, 1.807) is 0 Å². The van der Waals surface area contributed by atoms with E-state index in [0.29, 0.717) is 16.5 Å². The quantitative estimate of drug-likeness (QED) is 0.200. The van der Waals surface area contributed by atoms with Crippen LogP contribution in [0.15, 0.2) is 10.6 Å². The third-order valence-corrected chi connectivity index (χ3v) is 5.22. The van der Waals surface area contributed by atoms with Gasteiger partial charge in [-0.15, -0.1) is 10.2 Å². The molecule has 11 nitrogen and oxygen atoms in total. The second-order valence-electron chi connectivity index (χ2n) is 7.58. The SMILES string of the molecule is Cc1nnc(-c2cnc(N(N)C(=O)[C@@H](CC3CCCC3)CN(O)C=O)nc2C(F)(F)F)o1. The molecule has 0 saturated heterocycles. The van der Waals surface area contributed by atoms with E-state index in [0.717, 1.165) is 31.9 Å². The van der Waals surface area contributed by atoms with Gasteiger partial charge in [0.25, 0.3) is 5.89 Å². The molecular formula is C18H22F3N7O4. The van der Waals surface area contributed by atoms with Gasteiger partial charge in [-0.1, -0.05) is 25.7 Å². The lowest BCUT2D eigenvalue weighted by Gasteiger charge is -2.26. The van der Waals surface area contributed by atoms with Crippen molar-refractivity contribution in [2.45, 2.75) is 45.2 Å². The number of hydrazine groups is 1. The molecule has 32 heavy (non-hydrogen) atoms. The number of aryl methyl sites for hydroxylation is 1. The average Bonchev–Trinajstić information content (AvgIpc) is 3.42. The van der Waals surface area contributed by atoms with Crippen molar-refractivity contribution in [3.8, 4) is 11.5 Å². The Balaban J connectivity index is 1.90. The number of alkyl halides is 3. The van der Waals surface area contributed by atoms with E-state index in [9.17, 15) is 28.0 Å². The number of nitrogens with zero attached hydrogens (tertiary/aromatic N) is 6. The zero-order valence-corrected chi connectivity index (χ0v) is 17.1. The highest BCUT2D eigenvalue weighted by molar-refractivity contribution is 5.92. The van der Waals surface area contributed by atoms with E-state index in [4.69, 9.17) is 10.3 Å². The van der Waals surface area contributed by atoms with Crippen LogP contribution in [-0.2, 0) is 15.8 Å². The number of hydroxylamine groups is 2. The Bertz CT molecular complexity index is 962. The first-order valence-electron chi connectivity index (χ1n) is 9.84. The highest BCUT2D eigenvalue weighted by atomic mass is 19.4. The Morgan fingerprint density at radius 3 is 2.62 bits per heavy atom. The number of hydrogen-bond donors (Lipinski definition) is 2. The molecule has 1 saturated carbocycles. The number of halogens is 3. The first-order chi connectivity index (χ1) is 15.1. The molecule has 174 valence electrons. The molecule has 2 aromatic rings. The average molecular weight is 457 g/mol. The van der Waals surface area contributed by atoms with Crippen LogP contribution >= 0.6 is 0 Å². The normalized spacial score (nSPS) is 15.6. The van der Waals surface area contributed by atoms with Crippen molar-refractivity contribution in [2.75, 3.05) is 11.6 Å². The number of rotatable bonds is 8. The molecule has 3 N–H and O–H groups in total. The van der Waals surface area contributed by atoms with Crippen LogP contribution < -0.4 is 10.9 Å². The number of amides is 2. The Morgan fingerprint density at radius 2 is 2.06 bits per heavy atom. The van der Waals surface area contributed by atoms with Gasteiger partial charge in [0.15, 0.2) is 5.69 Å². The Kier molecular flexibility index (Phi) is 7.03. The van der Waals surface area contributed by atoms with E-state index >= 15 is 0 Å². The molecular weight excluding hydrogens is 435 g/mol. The number of anilines is 1. The third kappa shape index (κ3) is 5.37. The van der Waals surface area contributed by atoms with Crippen molar-refractivity contribution in [1.82, 2.24) is 25.2 Å². The topological polar surface area (TPSA) is 152 Å². The maximum Gasteiger partial charge on any atom is 0.434 e. The zero-order valence-electron chi connectivity index (χ0n) is 17.1. The molecule has 1 aliphatic rings. The molecule has 2 aromatic heterocycles. The van der Waals surface area contributed by atoms with Gasteiger partial charge in [-0.2, -0.15) is 13.2 Å². The summed E-state index contributed by atoms with van der Waals surface area (Å²) in [7, 11) is 0. The fraction of sp³-hybridized carbons (Fsp3) is 0.556. The predicted molar refractivity (Wildman–Crippen MR) is 101 cm³/mol. The van der Waals surface area contributed by atoms with Crippen molar-refractivity contribution in [2.24, 2.45) is 17.7 Å². The highest BCUT2D eigenvalue weighted by Gasteiger charge is 2.39. The lowest BCUT2D eigenvalue weighted by atomic mass is 9.92. The van der Waals surface area contributed by atoms with Crippen molar-refractivity contribution in [3.05, 3.63) is 17.8 Å². The van der Waals surface area contributed by atoms with Gasteiger partial charge >= 0.3 is 6.18 Å². The Labute approximate surface area is 180 Å². The van der Waals surface area contributed by atoms with Crippen LogP contribution in [0.2, 0.25) is 0 Å². The number of carbonyl (C=O) groups excluding carboxylic acids is 2. The lowest BCUT2D eigenvalue weighted by molar-refractivity contribution is -0.154. The van der Waals surface area contributed by atoms with Crippen molar-refractivity contribution >= 4 is 18.3 Å². The highest BCUT2D eigenvalue weighted by Crippen LogP contribution is 2.36. The van der Waals surface area contributed by atoms with Gasteiger partial charge in [0.1, 0.15) is 0 Å². The van der Waals surface area contributed by atoms with Gasteiger partial charge in [0.05, 0.1) is 18.0 Å². The Hall–Kier alpha value is -3.13. The summed E-state index contributed by atoms with van der Waals surface area (Å²) in [6.07, 6.45) is 0.0229. The monoisotopic (exact) mass is 457 g/mol. The van der Waals surface area contributed by atoms with Crippen LogP contribution in [-0.4, -0.2) is 49.3 Å². The zero-order chi connectivity index (χ0) is 23.5. The smallest absolute Gasteiger partial charge is 0.421 e. The molecule has 14 heteroatoms. The van der Waals surface area contributed by atoms with E-state index in [1.165, 1.54) is 6.92 Å². The number of carbonyl (C=O) groups is 2. The summed E-state index contributed by atoms with van der Waals surface area (Å²) in [5, 5.41) is 17.3. The third-order valence-electron chi connectivity index (χ3n) is 5.22. The second kappa shape index (κ2) is 9.56. The fourth-order valence-corrected chi connectivity index (χ4v) is 3.73. The van der Waals surface area contributed by atoms with Gasteiger partial charge in [-0.25, -0.2) is 25.9 Å². The molecule has 0 unspecified atom stereocenters. The van der Waals surface area contributed by atoms with Gasteiger partial charge < -0.3 is 4.42 Å². The van der Waals surface area contributed by atoms with Gasteiger partial charge in [-0.3, -0.25) is 14.8 Å². The van der Waals surface area contributed by atoms with Gasteiger partial charge in [0.2, 0.25) is 24.2 Å². The summed E-state index contributed by atoms with van der Waals surface area (Å²) in [5.41, 5.74) is -1.97. The van der Waals surface area contributed by atoms with E-state index in [1.807, 2.05) is 0 Å². The van der Waals surface area contributed by atoms with Crippen LogP contribution in [0.25, 0.3) is 11.5 Å². The largest absolute Gasteiger partial charge is 0.434 e. The molecule has 0 radical (unpaired) electrons. The number of hydrogen-bond acceptors (Lipinski definition) is 9. The Morgan fingerprint density at radius 1 is 1.38 bits per heavy atom. The first-order valence-corrected chi connectivity index (χ1v) is 9.84. The standard InChI is InChI=1S/C18H22F3N7O4/c1-10-25-26-15(32-10)13-7-23-17(24-14(13)18(19,20)21)28(22)16(30)12(8-27(31)9-29)6-11-4-2-3-5-11/h7,9,11-12,31H,2-6,8,22H2,1H3/t12-/m0/s1. The second-order valence-corrected chi connectivity index (χ2v) is 7.58. The lowest BCUT2D eigenvalue weighted by Crippen LogP contribution is -2.46. The molecule has 0 aromatic carbocycles. The molecule has 1 aliphatic carbocycles. The van der Waals surface area contributed by atoms with Gasteiger partial charge in [-0.05, 0) is 12.3 Å². The van der Waals surface area contributed by atoms with Gasteiger partial charge in [0, 0.05) is 13.1 Å². The minimum Gasteiger partial charge on any atom is -0.421 e. The van der Waals surface area contributed by atoms with Crippen LogP contribution in [0.5, 0.6) is 0 Å². The molecule has 3 rings (SSSR count). The van der Waals surface area contributed by atoms with Crippen LogP contribution in [0.4, 0.5) is 19.1 Å². The predicted octanol–water partition coefficient (Wildman–Crippen LogP) is 2.10. The van der Waals surface area contributed by atoms with E-state index in [2.05, 4.69) is 20.2 Å². The molecule has 0 spiro atoms. The molecule has 0 bridgehead atoms. The molecule has 2 amide bonds. The molecule has 1 fully saturated rings. The summed E-state index contributed by atoms with van der Waals surface area (Å²) >= 11 is 0. The maximum absolute atomic E-state index is 13.6. The summed E-state index contributed by atoms with van der Waals surface area (Å²) < 4.78 is 45.9. The fourth-order valence-electron chi connectivity index (χ4n) is 3.73.